The molecule has 0 aromatic carbocycles. The fourth-order valence-corrected chi connectivity index (χ4v) is 1.58. The number of nitrogens with one attached hydrogen (secondary N) is 1. The van der Waals surface area contributed by atoms with Crippen molar-refractivity contribution in [3.8, 4) is 5.75 Å². The largest absolute Gasteiger partial charge is 0.492 e. The van der Waals surface area contributed by atoms with Crippen LogP contribution in [0, 0.1) is 0 Å². The van der Waals surface area contributed by atoms with Crippen LogP contribution in [0.25, 0.3) is 0 Å². The zero-order chi connectivity index (χ0) is 11.8. The van der Waals surface area contributed by atoms with Crippen molar-refractivity contribution >= 4 is 0 Å². The first-order valence-electron chi connectivity index (χ1n) is 6.07. The third-order valence-electron chi connectivity index (χ3n) is 2.64. The smallest absolute Gasteiger partial charge is 0.137 e. The van der Waals surface area contributed by atoms with Gasteiger partial charge in [-0.15, -0.1) is 0 Å². The highest BCUT2D eigenvalue weighted by Crippen LogP contribution is 2.16. The van der Waals surface area contributed by atoms with Crippen molar-refractivity contribution in [2.24, 2.45) is 0 Å². The fourth-order valence-electron chi connectivity index (χ4n) is 1.58. The molecule has 3 heteroatoms. The highest BCUT2D eigenvalue weighted by Gasteiger charge is 2.07. The maximum Gasteiger partial charge on any atom is 0.137 e. The van der Waals surface area contributed by atoms with Crippen LogP contribution in [0.4, 0.5) is 0 Å². The Hall–Kier alpha value is -1.09. The van der Waals surface area contributed by atoms with E-state index in [0.29, 0.717) is 6.04 Å². The maximum atomic E-state index is 5.57. The Kier molecular flexibility index (Phi) is 5.86. The second-order valence-corrected chi connectivity index (χ2v) is 3.87. The SMILES string of the molecule is CCCCOc1ccc(C(CC)NC)nc1. The molecule has 0 fully saturated rings. The number of ether oxygens (including phenoxy) is 1. The van der Waals surface area contributed by atoms with Crippen molar-refractivity contribution in [1.82, 2.24) is 10.3 Å². The van der Waals surface area contributed by atoms with Crippen LogP contribution < -0.4 is 10.1 Å². The van der Waals surface area contributed by atoms with Crippen LogP contribution >= 0.6 is 0 Å². The lowest BCUT2D eigenvalue weighted by Crippen LogP contribution is -2.16. The number of hydrogen-bond donors (Lipinski definition) is 1. The van der Waals surface area contributed by atoms with Crippen LogP contribution in [-0.4, -0.2) is 18.6 Å². The molecule has 0 radical (unpaired) electrons. The molecule has 0 bridgehead atoms. The van der Waals surface area contributed by atoms with E-state index in [9.17, 15) is 0 Å². The minimum atomic E-state index is 0.338. The zero-order valence-corrected chi connectivity index (χ0v) is 10.5. The first kappa shape index (κ1) is 13.0. The second-order valence-electron chi connectivity index (χ2n) is 3.87. The van der Waals surface area contributed by atoms with Crippen molar-refractivity contribution < 1.29 is 4.74 Å². The highest BCUT2D eigenvalue weighted by molar-refractivity contribution is 5.21. The Labute approximate surface area is 98.2 Å². The number of unbranched alkanes of at least 4 members (excludes halogenated alkanes) is 1. The third-order valence-corrected chi connectivity index (χ3v) is 2.64. The number of nitrogens with zero attached hydrogens (tertiary/aromatic N) is 1. The van der Waals surface area contributed by atoms with Crippen molar-refractivity contribution in [3.63, 3.8) is 0 Å². The summed E-state index contributed by atoms with van der Waals surface area (Å²) in [6, 6.07) is 4.37. The van der Waals surface area contributed by atoms with E-state index in [-0.39, 0.29) is 0 Å². The molecule has 0 spiro atoms. The predicted octanol–water partition coefficient (Wildman–Crippen LogP) is 2.93. The van der Waals surface area contributed by atoms with Crippen LogP contribution in [-0.2, 0) is 0 Å². The Morgan fingerprint density at radius 2 is 2.19 bits per heavy atom. The van der Waals surface area contributed by atoms with Gasteiger partial charge in [0.15, 0.2) is 0 Å². The minimum absolute atomic E-state index is 0.338. The van der Waals surface area contributed by atoms with Gasteiger partial charge in [-0.3, -0.25) is 4.98 Å². The Morgan fingerprint density at radius 1 is 1.38 bits per heavy atom. The van der Waals surface area contributed by atoms with E-state index < -0.39 is 0 Å². The number of aromatic nitrogens is 1. The van der Waals surface area contributed by atoms with Crippen molar-refractivity contribution in [2.75, 3.05) is 13.7 Å². The summed E-state index contributed by atoms with van der Waals surface area (Å²) in [4.78, 5) is 4.41. The van der Waals surface area contributed by atoms with E-state index >= 15 is 0 Å². The first-order chi connectivity index (χ1) is 7.81. The molecule has 0 amide bonds. The van der Waals surface area contributed by atoms with Crippen molar-refractivity contribution in [1.29, 1.82) is 0 Å². The quantitative estimate of drug-likeness (QED) is 0.720. The third kappa shape index (κ3) is 3.81. The molecule has 1 heterocycles. The minimum Gasteiger partial charge on any atom is -0.492 e. The van der Waals surface area contributed by atoms with Crippen LogP contribution in [0.1, 0.15) is 44.8 Å². The van der Waals surface area contributed by atoms with Gasteiger partial charge < -0.3 is 10.1 Å². The average molecular weight is 222 g/mol. The molecule has 0 aliphatic heterocycles. The van der Waals surface area contributed by atoms with Gasteiger partial charge in [-0.25, -0.2) is 0 Å². The van der Waals surface area contributed by atoms with Gasteiger partial charge in [0.05, 0.1) is 18.5 Å². The molecule has 3 nitrogen and oxygen atoms in total. The lowest BCUT2D eigenvalue weighted by atomic mass is 10.1. The molecule has 1 unspecified atom stereocenters. The standard InChI is InChI=1S/C13H22N2O/c1-4-6-9-16-11-7-8-13(15-10-11)12(5-2)14-3/h7-8,10,12,14H,4-6,9H2,1-3H3. The summed E-state index contributed by atoms with van der Waals surface area (Å²) in [5.74, 6) is 0.864. The lowest BCUT2D eigenvalue weighted by molar-refractivity contribution is 0.308. The van der Waals surface area contributed by atoms with Gasteiger partial charge in [-0.2, -0.15) is 0 Å². The summed E-state index contributed by atoms with van der Waals surface area (Å²) in [6.45, 7) is 5.08. The molecular formula is C13H22N2O. The summed E-state index contributed by atoms with van der Waals surface area (Å²) in [7, 11) is 1.96. The summed E-state index contributed by atoms with van der Waals surface area (Å²) in [5.41, 5.74) is 1.08. The van der Waals surface area contributed by atoms with Crippen LogP contribution in [0.5, 0.6) is 5.75 Å². The molecule has 0 aliphatic carbocycles. The van der Waals surface area contributed by atoms with E-state index in [2.05, 4.69) is 24.1 Å². The number of pyridine rings is 1. The van der Waals surface area contributed by atoms with Gasteiger partial charge in [0.2, 0.25) is 0 Å². The lowest BCUT2D eigenvalue weighted by Gasteiger charge is -2.13. The topological polar surface area (TPSA) is 34.1 Å². The fraction of sp³-hybridized carbons (Fsp3) is 0.615. The van der Waals surface area contributed by atoms with Gasteiger partial charge in [0.25, 0.3) is 0 Å². The van der Waals surface area contributed by atoms with E-state index in [1.54, 1.807) is 0 Å². The molecule has 0 aliphatic rings. The van der Waals surface area contributed by atoms with E-state index in [1.165, 1.54) is 0 Å². The van der Waals surface area contributed by atoms with E-state index in [0.717, 1.165) is 37.3 Å². The summed E-state index contributed by atoms with van der Waals surface area (Å²) in [5, 5.41) is 3.24. The Balaban J connectivity index is 2.53. The van der Waals surface area contributed by atoms with Crippen LogP contribution in [0.15, 0.2) is 18.3 Å². The molecule has 0 saturated carbocycles. The van der Waals surface area contributed by atoms with Gasteiger partial charge in [-0.1, -0.05) is 20.3 Å². The summed E-state index contributed by atoms with van der Waals surface area (Å²) in [6.07, 6.45) is 5.10. The van der Waals surface area contributed by atoms with Crippen molar-refractivity contribution in [2.45, 2.75) is 39.2 Å². The summed E-state index contributed by atoms with van der Waals surface area (Å²) < 4.78 is 5.57. The average Bonchev–Trinajstić information content (AvgIpc) is 2.33. The monoisotopic (exact) mass is 222 g/mol. The first-order valence-corrected chi connectivity index (χ1v) is 6.07. The molecular weight excluding hydrogens is 200 g/mol. The van der Waals surface area contributed by atoms with Gasteiger partial charge in [0, 0.05) is 6.04 Å². The van der Waals surface area contributed by atoms with Crippen LogP contribution in [0.3, 0.4) is 0 Å². The van der Waals surface area contributed by atoms with Crippen LogP contribution in [0.2, 0.25) is 0 Å². The second kappa shape index (κ2) is 7.23. The van der Waals surface area contributed by atoms with Gasteiger partial charge >= 0.3 is 0 Å². The summed E-state index contributed by atoms with van der Waals surface area (Å²) >= 11 is 0. The highest BCUT2D eigenvalue weighted by atomic mass is 16.5. The van der Waals surface area contributed by atoms with E-state index in [1.807, 2.05) is 25.4 Å². The predicted molar refractivity (Wildman–Crippen MR) is 66.7 cm³/mol. The molecule has 0 saturated heterocycles. The maximum absolute atomic E-state index is 5.57. The number of rotatable bonds is 7. The molecule has 16 heavy (non-hydrogen) atoms. The molecule has 1 aromatic rings. The van der Waals surface area contributed by atoms with Crippen molar-refractivity contribution in [3.05, 3.63) is 24.0 Å². The molecule has 1 rings (SSSR count). The number of hydrogen-bond acceptors (Lipinski definition) is 3. The molecule has 90 valence electrons. The van der Waals surface area contributed by atoms with E-state index in [4.69, 9.17) is 4.74 Å². The molecule has 1 atom stereocenters. The Bertz CT molecular complexity index is 280. The molecule has 1 aromatic heterocycles. The normalized spacial score (nSPS) is 12.4. The Morgan fingerprint density at radius 3 is 2.69 bits per heavy atom. The van der Waals surface area contributed by atoms with Gasteiger partial charge in [0.1, 0.15) is 5.75 Å². The molecule has 1 N–H and O–H groups in total. The van der Waals surface area contributed by atoms with Gasteiger partial charge in [-0.05, 0) is 32.0 Å². The zero-order valence-electron chi connectivity index (χ0n) is 10.5.